The van der Waals surface area contributed by atoms with Gasteiger partial charge >= 0.3 is 0 Å². The largest absolute Gasteiger partial charge is 0.338 e. The molecule has 9 heteroatoms. The molecule has 1 aliphatic heterocycles. The quantitative estimate of drug-likeness (QED) is 0.513. The standard InChI is InChI=1S/C20H23N7OS/c1-14-12-15(2)27(24-14)19-22-23-20(26(19)21)29-13-18(28)25-10-8-17(9-11-25)16-6-4-3-5-7-16/h3-8,12H,9-11,13,21H2,1-2H3. The predicted octanol–water partition coefficient (Wildman–Crippen LogP) is 2.20. The van der Waals surface area contributed by atoms with Gasteiger partial charge in [0.2, 0.25) is 11.1 Å². The number of hydrogen-bond acceptors (Lipinski definition) is 6. The maximum absolute atomic E-state index is 12.6. The van der Waals surface area contributed by atoms with E-state index >= 15 is 0 Å². The summed E-state index contributed by atoms with van der Waals surface area (Å²) in [6.07, 6.45) is 2.99. The van der Waals surface area contributed by atoms with E-state index in [4.69, 9.17) is 5.84 Å². The van der Waals surface area contributed by atoms with E-state index in [0.717, 1.165) is 17.8 Å². The first-order chi connectivity index (χ1) is 14.0. The van der Waals surface area contributed by atoms with Crippen LogP contribution in [-0.2, 0) is 4.79 Å². The van der Waals surface area contributed by atoms with Crippen molar-refractivity contribution >= 4 is 23.2 Å². The molecule has 3 aromatic rings. The van der Waals surface area contributed by atoms with Crippen molar-refractivity contribution < 1.29 is 4.79 Å². The van der Waals surface area contributed by atoms with E-state index in [0.29, 0.717) is 24.2 Å². The summed E-state index contributed by atoms with van der Waals surface area (Å²) in [5.41, 5.74) is 4.31. The highest BCUT2D eigenvalue weighted by molar-refractivity contribution is 7.99. The van der Waals surface area contributed by atoms with Crippen molar-refractivity contribution in [2.24, 2.45) is 0 Å². The molecule has 1 amide bonds. The summed E-state index contributed by atoms with van der Waals surface area (Å²) in [6.45, 7) is 5.17. The number of carbonyl (C=O) groups is 1. The first-order valence-electron chi connectivity index (χ1n) is 9.42. The predicted molar refractivity (Wildman–Crippen MR) is 113 cm³/mol. The molecule has 0 fully saturated rings. The number of benzene rings is 1. The maximum atomic E-state index is 12.6. The molecular formula is C20H23N7OS. The normalized spacial score (nSPS) is 14.1. The summed E-state index contributed by atoms with van der Waals surface area (Å²) >= 11 is 1.29. The molecule has 150 valence electrons. The van der Waals surface area contributed by atoms with Crippen molar-refractivity contribution in [1.82, 2.24) is 29.6 Å². The van der Waals surface area contributed by atoms with Gasteiger partial charge in [-0.3, -0.25) is 4.79 Å². The highest BCUT2D eigenvalue weighted by Crippen LogP contribution is 2.23. The van der Waals surface area contributed by atoms with Gasteiger partial charge in [0.1, 0.15) is 0 Å². The number of hydrogen-bond donors (Lipinski definition) is 1. The first kappa shape index (κ1) is 19.3. The molecule has 0 atom stereocenters. The van der Waals surface area contributed by atoms with E-state index < -0.39 is 0 Å². The van der Waals surface area contributed by atoms with Crippen LogP contribution in [0.2, 0.25) is 0 Å². The molecule has 2 aromatic heterocycles. The molecule has 1 aromatic carbocycles. The van der Waals surface area contributed by atoms with Crippen LogP contribution in [0, 0.1) is 13.8 Å². The summed E-state index contributed by atoms with van der Waals surface area (Å²) in [5.74, 6) is 6.89. The summed E-state index contributed by atoms with van der Waals surface area (Å²) in [4.78, 5) is 14.5. The number of aromatic nitrogens is 5. The molecule has 4 rings (SSSR count). The lowest BCUT2D eigenvalue weighted by Crippen LogP contribution is -2.36. The second kappa shape index (κ2) is 8.12. The summed E-state index contributed by atoms with van der Waals surface area (Å²) in [6, 6.07) is 12.2. The van der Waals surface area contributed by atoms with E-state index in [1.165, 1.54) is 27.6 Å². The molecule has 8 nitrogen and oxygen atoms in total. The minimum Gasteiger partial charge on any atom is -0.338 e. The molecule has 29 heavy (non-hydrogen) atoms. The van der Waals surface area contributed by atoms with Gasteiger partial charge in [-0.25, -0.2) is 9.36 Å². The average Bonchev–Trinajstić information content (AvgIpc) is 3.27. The van der Waals surface area contributed by atoms with Gasteiger partial charge in [0.15, 0.2) is 0 Å². The second-order valence-electron chi connectivity index (χ2n) is 6.97. The van der Waals surface area contributed by atoms with Crippen LogP contribution >= 0.6 is 11.8 Å². The molecule has 0 saturated carbocycles. The highest BCUT2D eigenvalue weighted by Gasteiger charge is 2.20. The molecule has 2 N–H and O–H groups in total. The number of thioether (sulfide) groups is 1. The molecular weight excluding hydrogens is 386 g/mol. The number of nitrogens with zero attached hydrogens (tertiary/aromatic N) is 6. The van der Waals surface area contributed by atoms with E-state index in [1.807, 2.05) is 43.0 Å². The molecule has 1 aliphatic rings. The molecule has 0 radical (unpaired) electrons. The molecule has 0 aliphatic carbocycles. The van der Waals surface area contributed by atoms with Crippen LogP contribution in [0.25, 0.3) is 11.5 Å². The Balaban J connectivity index is 1.37. The lowest BCUT2D eigenvalue weighted by Gasteiger charge is -2.26. The Labute approximate surface area is 173 Å². The number of carbonyl (C=O) groups excluding carboxylic acids is 1. The van der Waals surface area contributed by atoms with Crippen molar-refractivity contribution in [2.45, 2.75) is 25.4 Å². The van der Waals surface area contributed by atoms with Gasteiger partial charge in [0.25, 0.3) is 5.95 Å². The van der Waals surface area contributed by atoms with Gasteiger partial charge in [-0.05, 0) is 37.5 Å². The van der Waals surface area contributed by atoms with Crippen molar-refractivity contribution in [1.29, 1.82) is 0 Å². The zero-order valence-electron chi connectivity index (χ0n) is 16.4. The van der Waals surface area contributed by atoms with Crippen molar-refractivity contribution in [2.75, 3.05) is 24.7 Å². The fourth-order valence-corrected chi connectivity index (χ4v) is 4.13. The molecule has 0 unspecified atom stereocenters. The summed E-state index contributed by atoms with van der Waals surface area (Å²) in [7, 11) is 0. The second-order valence-corrected chi connectivity index (χ2v) is 7.91. The Morgan fingerprint density at radius 2 is 2.00 bits per heavy atom. The van der Waals surface area contributed by atoms with E-state index in [1.54, 1.807) is 4.68 Å². The topological polar surface area (TPSA) is 94.9 Å². The lowest BCUT2D eigenvalue weighted by molar-refractivity contribution is -0.127. The maximum Gasteiger partial charge on any atom is 0.271 e. The smallest absolute Gasteiger partial charge is 0.271 e. The van der Waals surface area contributed by atoms with Gasteiger partial charge in [-0.15, -0.1) is 10.2 Å². The van der Waals surface area contributed by atoms with Crippen LogP contribution in [0.4, 0.5) is 0 Å². The number of rotatable bonds is 5. The van der Waals surface area contributed by atoms with Crippen molar-refractivity contribution in [3.8, 4) is 5.95 Å². The van der Waals surface area contributed by atoms with Crippen LogP contribution in [0.15, 0.2) is 47.6 Å². The van der Waals surface area contributed by atoms with Gasteiger partial charge in [0, 0.05) is 18.8 Å². The van der Waals surface area contributed by atoms with Crippen LogP contribution in [0.5, 0.6) is 0 Å². The third-order valence-corrected chi connectivity index (χ3v) is 5.80. The van der Waals surface area contributed by atoms with Gasteiger partial charge in [0.05, 0.1) is 11.4 Å². The minimum absolute atomic E-state index is 0.0639. The zero-order chi connectivity index (χ0) is 20.4. The van der Waals surface area contributed by atoms with Crippen molar-refractivity contribution in [3.05, 3.63) is 59.4 Å². The fraction of sp³-hybridized carbons (Fsp3) is 0.300. The Bertz CT molecular complexity index is 1050. The molecule has 0 saturated heterocycles. The molecule has 0 bridgehead atoms. The third-order valence-electron chi connectivity index (χ3n) is 4.88. The van der Waals surface area contributed by atoms with Gasteiger partial charge in [-0.1, -0.05) is 48.2 Å². The number of nitrogen functional groups attached to an aromatic ring is 1. The van der Waals surface area contributed by atoms with Crippen LogP contribution in [-0.4, -0.2) is 54.3 Å². The van der Waals surface area contributed by atoms with Gasteiger partial charge < -0.3 is 10.7 Å². The summed E-state index contributed by atoms with van der Waals surface area (Å²) < 4.78 is 3.02. The van der Waals surface area contributed by atoms with Gasteiger partial charge in [-0.2, -0.15) is 5.10 Å². The Kier molecular flexibility index (Phi) is 5.39. The fourth-order valence-electron chi connectivity index (χ4n) is 3.37. The average molecular weight is 410 g/mol. The SMILES string of the molecule is Cc1cc(C)n(-c2nnc(SCC(=O)N3CC=C(c4ccccc4)CC3)n2N)n1. The van der Waals surface area contributed by atoms with Crippen molar-refractivity contribution in [3.63, 3.8) is 0 Å². The Morgan fingerprint density at radius 3 is 2.66 bits per heavy atom. The molecule has 0 spiro atoms. The van der Waals surface area contributed by atoms with E-state index in [-0.39, 0.29) is 11.7 Å². The third kappa shape index (κ3) is 4.04. The summed E-state index contributed by atoms with van der Waals surface area (Å²) in [5, 5.41) is 13.1. The van der Waals surface area contributed by atoms with Crippen LogP contribution < -0.4 is 5.84 Å². The first-order valence-corrected chi connectivity index (χ1v) is 10.4. The van der Waals surface area contributed by atoms with E-state index in [9.17, 15) is 4.79 Å². The monoisotopic (exact) mass is 409 g/mol. The number of aryl methyl sites for hydroxylation is 2. The molecule has 3 heterocycles. The minimum atomic E-state index is 0.0639. The number of amides is 1. The Hall–Kier alpha value is -3.07. The van der Waals surface area contributed by atoms with Crippen LogP contribution in [0.1, 0.15) is 23.4 Å². The number of nitrogens with two attached hydrogens (primary N) is 1. The lowest BCUT2D eigenvalue weighted by atomic mass is 10.00. The van der Waals surface area contributed by atoms with E-state index in [2.05, 4.69) is 33.5 Å². The highest BCUT2D eigenvalue weighted by atomic mass is 32.2. The zero-order valence-corrected chi connectivity index (χ0v) is 17.3. The van der Waals surface area contributed by atoms with Crippen LogP contribution in [0.3, 0.4) is 0 Å². The Morgan fingerprint density at radius 1 is 1.21 bits per heavy atom.